The Morgan fingerprint density at radius 2 is 1.95 bits per heavy atom. The minimum absolute atomic E-state index is 0.0528. The van der Waals surface area contributed by atoms with Crippen LogP contribution >= 0.6 is 11.6 Å². The first-order chi connectivity index (χ1) is 10.6. The SMILES string of the molecule is CC.CC(C)C1Cc2ccc(Cl)cc2CN1C(=O)C1COC1. The Hall–Kier alpha value is -1.06. The fourth-order valence-electron chi connectivity index (χ4n) is 3.03. The third-order valence-corrected chi connectivity index (χ3v) is 4.61. The monoisotopic (exact) mass is 323 g/mol. The number of carbonyl (C=O) groups is 1. The maximum Gasteiger partial charge on any atom is 0.230 e. The van der Waals surface area contributed by atoms with E-state index in [4.69, 9.17) is 16.3 Å². The van der Waals surface area contributed by atoms with Crippen molar-refractivity contribution >= 4 is 17.5 Å². The maximum absolute atomic E-state index is 12.6. The Labute approximate surface area is 138 Å². The van der Waals surface area contributed by atoms with Crippen molar-refractivity contribution in [3.8, 4) is 0 Å². The average molecular weight is 324 g/mol. The van der Waals surface area contributed by atoms with Gasteiger partial charge in [-0.15, -0.1) is 0 Å². The first-order valence-electron chi connectivity index (χ1n) is 8.22. The van der Waals surface area contributed by atoms with E-state index in [0.717, 1.165) is 11.4 Å². The molecule has 0 N–H and O–H groups in total. The summed E-state index contributed by atoms with van der Waals surface area (Å²) in [5.41, 5.74) is 2.50. The standard InChI is InChI=1S/C16H20ClNO2.C2H6/c1-10(2)15-6-11-3-4-14(17)5-12(11)7-18(15)16(19)13-8-20-9-13;1-2/h3-5,10,13,15H,6-9H2,1-2H3;1-2H3. The number of fused-ring (bicyclic) bond motifs is 1. The molecule has 2 aliphatic heterocycles. The topological polar surface area (TPSA) is 29.5 Å². The fourth-order valence-corrected chi connectivity index (χ4v) is 3.22. The quantitative estimate of drug-likeness (QED) is 0.825. The highest BCUT2D eigenvalue weighted by molar-refractivity contribution is 6.30. The molecule has 2 heterocycles. The highest BCUT2D eigenvalue weighted by Gasteiger charge is 2.37. The number of benzene rings is 1. The van der Waals surface area contributed by atoms with Crippen LogP contribution in [0.2, 0.25) is 5.02 Å². The van der Waals surface area contributed by atoms with Crippen LogP contribution in [0, 0.1) is 11.8 Å². The van der Waals surface area contributed by atoms with Crippen molar-refractivity contribution in [2.75, 3.05) is 13.2 Å². The van der Waals surface area contributed by atoms with Gasteiger partial charge < -0.3 is 9.64 Å². The van der Waals surface area contributed by atoms with Crippen molar-refractivity contribution < 1.29 is 9.53 Å². The van der Waals surface area contributed by atoms with E-state index in [1.54, 1.807) is 0 Å². The van der Waals surface area contributed by atoms with E-state index in [-0.39, 0.29) is 17.9 Å². The second-order valence-electron chi connectivity index (χ2n) is 6.13. The van der Waals surface area contributed by atoms with Gasteiger partial charge in [-0.3, -0.25) is 4.79 Å². The summed E-state index contributed by atoms with van der Waals surface area (Å²) in [6.07, 6.45) is 0.920. The van der Waals surface area contributed by atoms with Crippen LogP contribution in [0.25, 0.3) is 0 Å². The van der Waals surface area contributed by atoms with Gasteiger partial charge in [-0.25, -0.2) is 0 Å². The Balaban J connectivity index is 0.000000847. The smallest absolute Gasteiger partial charge is 0.230 e. The molecule has 3 nitrogen and oxygen atoms in total. The third kappa shape index (κ3) is 3.47. The van der Waals surface area contributed by atoms with Crippen molar-refractivity contribution in [3.63, 3.8) is 0 Å². The van der Waals surface area contributed by atoms with Gasteiger partial charge >= 0.3 is 0 Å². The first kappa shape index (κ1) is 17.3. The molecular weight excluding hydrogens is 298 g/mol. The maximum atomic E-state index is 12.6. The molecule has 3 rings (SSSR count). The predicted octanol–water partition coefficient (Wildman–Crippen LogP) is 3.92. The molecule has 122 valence electrons. The molecule has 1 atom stereocenters. The van der Waals surface area contributed by atoms with Crippen LogP contribution in [-0.4, -0.2) is 30.1 Å². The van der Waals surface area contributed by atoms with E-state index < -0.39 is 0 Å². The van der Waals surface area contributed by atoms with Gasteiger partial charge in [-0.1, -0.05) is 45.4 Å². The summed E-state index contributed by atoms with van der Waals surface area (Å²) in [5.74, 6) is 0.737. The molecule has 1 saturated heterocycles. The molecule has 1 aromatic carbocycles. The van der Waals surface area contributed by atoms with Gasteiger partial charge in [0, 0.05) is 17.6 Å². The summed E-state index contributed by atoms with van der Waals surface area (Å²) < 4.78 is 5.16. The van der Waals surface area contributed by atoms with E-state index in [0.29, 0.717) is 25.7 Å². The van der Waals surface area contributed by atoms with Crippen LogP contribution in [0.5, 0.6) is 0 Å². The molecule has 0 aliphatic carbocycles. The fraction of sp³-hybridized carbons (Fsp3) is 0.611. The zero-order valence-electron chi connectivity index (χ0n) is 13.9. The van der Waals surface area contributed by atoms with Crippen molar-refractivity contribution in [2.24, 2.45) is 11.8 Å². The van der Waals surface area contributed by atoms with Gasteiger partial charge in [0.25, 0.3) is 0 Å². The number of hydrogen-bond donors (Lipinski definition) is 0. The second-order valence-corrected chi connectivity index (χ2v) is 6.57. The lowest BCUT2D eigenvalue weighted by molar-refractivity contribution is -0.154. The van der Waals surface area contributed by atoms with Gasteiger partial charge in [0.05, 0.1) is 19.1 Å². The first-order valence-corrected chi connectivity index (χ1v) is 8.59. The zero-order valence-corrected chi connectivity index (χ0v) is 14.7. The Morgan fingerprint density at radius 1 is 1.27 bits per heavy atom. The lowest BCUT2D eigenvalue weighted by Crippen LogP contribution is -2.52. The van der Waals surface area contributed by atoms with Crippen molar-refractivity contribution in [2.45, 2.75) is 46.7 Å². The highest BCUT2D eigenvalue weighted by Crippen LogP contribution is 2.31. The van der Waals surface area contributed by atoms with Crippen LogP contribution < -0.4 is 0 Å². The molecule has 1 unspecified atom stereocenters. The summed E-state index contributed by atoms with van der Waals surface area (Å²) in [4.78, 5) is 14.6. The summed E-state index contributed by atoms with van der Waals surface area (Å²) in [6.45, 7) is 10.2. The normalized spacial score (nSPS) is 20.8. The third-order valence-electron chi connectivity index (χ3n) is 4.38. The Kier molecular flexibility index (Phi) is 5.87. The summed E-state index contributed by atoms with van der Waals surface area (Å²) in [7, 11) is 0. The van der Waals surface area contributed by atoms with E-state index in [9.17, 15) is 4.79 Å². The summed E-state index contributed by atoms with van der Waals surface area (Å²) >= 11 is 6.08. The number of hydrogen-bond acceptors (Lipinski definition) is 2. The summed E-state index contributed by atoms with van der Waals surface area (Å²) in [6, 6.07) is 6.30. The molecule has 1 aromatic rings. The number of nitrogens with zero attached hydrogens (tertiary/aromatic N) is 1. The second kappa shape index (κ2) is 7.47. The Morgan fingerprint density at radius 3 is 2.50 bits per heavy atom. The van der Waals surface area contributed by atoms with Gasteiger partial charge in [-0.2, -0.15) is 0 Å². The molecule has 0 spiro atoms. The van der Waals surface area contributed by atoms with Gasteiger partial charge in [0.2, 0.25) is 5.91 Å². The van der Waals surface area contributed by atoms with Crippen LogP contribution in [0.3, 0.4) is 0 Å². The van der Waals surface area contributed by atoms with Gasteiger partial charge in [0.1, 0.15) is 0 Å². The van der Waals surface area contributed by atoms with Crippen LogP contribution in [0.4, 0.5) is 0 Å². The predicted molar refractivity (Wildman–Crippen MR) is 90.0 cm³/mol. The number of ether oxygens (including phenoxy) is 1. The number of rotatable bonds is 2. The highest BCUT2D eigenvalue weighted by atomic mass is 35.5. The molecule has 22 heavy (non-hydrogen) atoms. The van der Waals surface area contributed by atoms with Gasteiger partial charge in [-0.05, 0) is 35.6 Å². The van der Waals surface area contributed by atoms with Crippen molar-refractivity contribution in [1.82, 2.24) is 4.90 Å². The minimum atomic E-state index is 0.0528. The molecular formula is C18H26ClNO2. The molecule has 0 aromatic heterocycles. The zero-order chi connectivity index (χ0) is 16.3. The molecule has 0 bridgehead atoms. The average Bonchev–Trinajstić information content (AvgIpc) is 2.45. The molecule has 2 aliphatic rings. The van der Waals surface area contributed by atoms with E-state index in [2.05, 4.69) is 19.9 Å². The largest absolute Gasteiger partial charge is 0.380 e. The molecule has 0 radical (unpaired) electrons. The lowest BCUT2D eigenvalue weighted by Gasteiger charge is -2.42. The van der Waals surface area contributed by atoms with E-state index >= 15 is 0 Å². The molecule has 1 amide bonds. The van der Waals surface area contributed by atoms with E-state index in [1.807, 2.05) is 30.9 Å². The molecule has 1 fully saturated rings. The Bertz CT molecular complexity index is 526. The minimum Gasteiger partial charge on any atom is -0.380 e. The number of carbonyl (C=O) groups excluding carboxylic acids is 1. The van der Waals surface area contributed by atoms with Crippen molar-refractivity contribution in [3.05, 3.63) is 34.3 Å². The number of halogens is 1. The van der Waals surface area contributed by atoms with Crippen molar-refractivity contribution in [1.29, 1.82) is 0 Å². The lowest BCUT2D eigenvalue weighted by atomic mass is 9.87. The van der Waals surface area contributed by atoms with Crippen LogP contribution in [0.15, 0.2) is 18.2 Å². The van der Waals surface area contributed by atoms with Gasteiger partial charge in [0.15, 0.2) is 0 Å². The van der Waals surface area contributed by atoms with Crippen LogP contribution in [0.1, 0.15) is 38.8 Å². The van der Waals surface area contributed by atoms with Crippen LogP contribution in [-0.2, 0) is 22.5 Å². The number of amides is 1. The summed E-state index contributed by atoms with van der Waals surface area (Å²) in [5, 5.41) is 0.742. The molecule has 4 heteroatoms. The van der Waals surface area contributed by atoms with E-state index in [1.165, 1.54) is 11.1 Å². The molecule has 0 saturated carbocycles.